The maximum Gasteiger partial charge on any atom is 0.255 e. The minimum absolute atomic E-state index is 0.101. The van der Waals surface area contributed by atoms with Crippen molar-refractivity contribution in [2.24, 2.45) is 0 Å². The Balaban J connectivity index is 1.86. The zero-order chi connectivity index (χ0) is 15.0. The third-order valence-corrected chi connectivity index (χ3v) is 3.81. The summed E-state index contributed by atoms with van der Waals surface area (Å²) in [7, 11) is 0. The summed E-state index contributed by atoms with van der Waals surface area (Å²) in [5, 5.41) is 13.8. The summed E-state index contributed by atoms with van der Waals surface area (Å²) in [5.74, 6) is -0.848. The fourth-order valence-electron chi connectivity index (χ4n) is 1.82. The Morgan fingerprint density at radius 3 is 2.90 bits per heavy atom. The molecule has 0 bridgehead atoms. The molecule has 8 heteroatoms. The highest BCUT2D eigenvalue weighted by Crippen LogP contribution is 2.27. The maximum absolute atomic E-state index is 13.5. The summed E-state index contributed by atoms with van der Waals surface area (Å²) in [4.78, 5) is 8.46. The third-order valence-electron chi connectivity index (χ3n) is 2.74. The zero-order valence-electron chi connectivity index (χ0n) is 10.9. The van der Waals surface area contributed by atoms with E-state index in [0.717, 1.165) is 17.8 Å². The lowest BCUT2D eigenvalue weighted by Crippen LogP contribution is -1.96. The van der Waals surface area contributed by atoms with Crippen LogP contribution in [0, 0.1) is 18.6 Å². The van der Waals surface area contributed by atoms with Crippen molar-refractivity contribution in [2.75, 3.05) is 0 Å². The van der Waals surface area contributed by atoms with Crippen LogP contribution in [0.4, 0.5) is 8.78 Å². The molecule has 5 nitrogen and oxygen atoms in total. The standard InChI is InChI=1S/C13H10F2N4OS/c1-7-16-13-17-8(5-11(20)19(13)18-7)6-21-10-4-2-3-9(14)12(10)15/h2-5,20H,6H2,1H3. The minimum Gasteiger partial charge on any atom is -0.493 e. The number of benzene rings is 1. The second-order valence-electron chi connectivity index (χ2n) is 4.32. The zero-order valence-corrected chi connectivity index (χ0v) is 11.7. The van der Waals surface area contributed by atoms with Crippen LogP contribution in [0.1, 0.15) is 11.5 Å². The lowest BCUT2D eigenvalue weighted by molar-refractivity contribution is 0.434. The molecule has 1 N–H and O–H groups in total. The molecule has 0 unspecified atom stereocenters. The molecule has 0 atom stereocenters. The van der Waals surface area contributed by atoms with Gasteiger partial charge in [-0.3, -0.25) is 0 Å². The first-order chi connectivity index (χ1) is 10.0. The van der Waals surface area contributed by atoms with E-state index in [0.29, 0.717) is 11.5 Å². The number of rotatable bonds is 3. The van der Waals surface area contributed by atoms with Crippen LogP contribution in [0.2, 0.25) is 0 Å². The van der Waals surface area contributed by atoms with Crippen LogP contribution in [0.5, 0.6) is 5.88 Å². The van der Waals surface area contributed by atoms with E-state index in [1.807, 2.05) is 0 Å². The van der Waals surface area contributed by atoms with Gasteiger partial charge >= 0.3 is 0 Å². The Labute approximate surface area is 122 Å². The van der Waals surface area contributed by atoms with E-state index >= 15 is 0 Å². The molecule has 0 aliphatic carbocycles. The summed E-state index contributed by atoms with van der Waals surface area (Å²) in [6, 6.07) is 5.42. The first-order valence-electron chi connectivity index (χ1n) is 6.03. The van der Waals surface area contributed by atoms with Crippen LogP contribution >= 0.6 is 11.8 Å². The Hall–Kier alpha value is -2.22. The van der Waals surface area contributed by atoms with Crippen LogP contribution in [0.25, 0.3) is 5.78 Å². The molecule has 0 saturated heterocycles. The molecule has 3 aromatic rings. The van der Waals surface area contributed by atoms with Crippen LogP contribution in [-0.4, -0.2) is 24.7 Å². The highest BCUT2D eigenvalue weighted by Gasteiger charge is 2.11. The van der Waals surface area contributed by atoms with Gasteiger partial charge in [-0.05, 0) is 19.1 Å². The van der Waals surface area contributed by atoms with Crippen molar-refractivity contribution in [1.82, 2.24) is 19.6 Å². The van der Waals surface area contributed by atoms with Gasteiger partial charge in [-0.15, -0.1) is 16.9 Å². The highest BCUT2D eigenvalue weighted by molar-refractivity contribution is 7.98. The number of halogens is 2. The summed E-state index contributed by atoms with van der Waals surface area (Å²) >= 11 is 1.09. The van der Waals surface area contributed by atoms with Crippen molar-refractivity contribution < 1.29 is 13.9 Å². The van der Waals surface area contributed by atoms with E-state index in [9.17, 15) is 13.9 Å². The molecule has 2 heterocycles. The highest BCUT2D eigenvalue weighted by atomic mass is 32.2. The topological polar surface area (TPSA) is 63.3 Å². The van der Waals surface area contributed by atoms with Gasteiger partial charge in [-0.1, -0.05) is 6.07 Å². The summed E-state index contributed by atoms with van der Waals surface area (Å²) in [6.45, 7) is 1.69. The molecular weight excluding hydrogens is 298 g/mol. The van der Waals surface area contributed by atoms with E-state index in [1.54, 1.807) is 6.92 Å². The third kappa shape index (κ3) is 2.66. The van der Waals surface area contributed by atoms with Gasteiger partial charge in [0.15, 0.2) is 11.6 Å². The molecule has 0 spiro atoms. The smallest absolute Gasteiger partial charge is 0.255 e. The van der Waals surface area contributed by atoms with Gasteiger partial charge in [0.25, 0.3) is 5.78 Å². The van der Waals surface area contributed by atoms with Crippen LogP contribution in [0.15, 0.2) is 29.2 Å². The van der Waals surface area contributed by atoms with Crippen molar-refractivity contribution >= 4 is 17.5 Å². The summed E-state index contributed by atoms with van der Waals surface area (Å²) < 4.78 is 27.9. The van der Waals surface area contributed by atoms with Crippen molar-refractivity contribution in [3.63, 3.8) is 0 Å². The number of aryl methyl sites for hydroxylation is 1. The molecule has 0 aliphatic heterocycles. The average molecular weight is 308 g/mol. The van der Waals surface area contributed by atoms with Gasteiger partial charge < -0.3 is 5.11 Å². The molecule has 2 aromatic heterocycles. The molecule has 21 heavy (non-hydrogen) atoms. The van der Waals surface area contributed by atoms with Crippen LogP contribution in [-0.2, 0) is 5.75 Å². The van der Waals surface area contributed by atoms with Gasteiger partial charge in [0, 0.05) is 16.7 Å². The number of fused-ring (bicyclic) bond motifs is 1. The molecule has 1 aromatic carbocycles. The van der Waals surface area contributed by atoms with Gasteiger partial charge in [0.05, 0.1) is 5.69 Å². The second kappa shape index (κ2) is 5.28. The number of nitrogens with zero attached hydrogens (tertiary/aromatic N) is 4. The molecular formula is C13H10F2N4OS. The molecule has 108 valence electrons. The number of thioether (sulfide) groups is 1. The van der Waals surface area contributed by atoms with E-state index < -0.39 is 11.6 Å². The molecule has 0 radical (unpaired) electrons. The predicted octanol–water partition coefficient (Wildman–Crippen LogP) is 2.71. The Morgan fingerprint density at radius 2 is 2.10 bits per heavy atom. The molecule has 0 saturated carbocycles. The largest absolute Gasteiger partial charge is 0.493 e. The molecule has 0 aliphatic rings. The first kappa shape index (κ1) is 13.7. The van der Waals surface area contributed by atoms with Gasteiger partial charge in [-0.2, -0.15) is 9.50 Å². The van der Waals surface area contributed by atoms with Crippen LogP contribution < -0.4 is 0 Å². The van der Waals surface area contributed by atoms with Gasteiger partial charge in [-0.25, -0.2) is 13.8 Å². The van der Waals surface area contributed by atoms with Crippen molar-refractivity contribution in [3.05, 3.63) is 47.4 Å². The van der Waals surface area contributed by atoms with E-state index in [4.69, 9.17) is 0 Å². The molecule has 3 rings (SSSR count). The number of hydrogen-bond acceptors (Lipinski definition) is 5. The minimum atomic E-state index is -0.889. The normalized spacial score (nSPS) is 11.2. The van der Waals surface area contributed by atoms with E-state index in [2.05, 4.69) is 15.1 Å². The average Bonchev–Trinajstić information content (AvgIpc) is 2.81. The first-order valence-corrected chi connectivity index (χ1v) is 7.02. The lowest BCUT2D eigenvalue weighted by atomic mass is 10.3. The fraction of sp³-hybridized carbons (Fsp3) is 0.154. The van der Waals surface area contributed by atoms with Crippen molar-refractivity contribution in [2.45, 2.75) is 17.6 Å². The van der Waals surface area contributed by atoms with E-state index in [-0.39, 0.29) is 22.3 Å². The Morgan fingerprint density at radius 1 is 1.29 bits per heavy atom. The van der Waals surface area contributed by atoms with Crippen LogP contribution in [0.3, 0.4) is 0 Å². The maximum atomic E-state index is 13.5. The predicted molar refractivity (Wildman–Crippen MR) is 73.1 cm³/mol. The van der Waals surface area contributed by atoms with Gasteiger partial charge in [0.1, 0.15) is 5.82 Å². The second-order valence-corrected chi connectivity index (χ2v) is 5.33. The van der Waals surface area contributed by atoms with Crippen molar-refractivity contribution in [3.8, 4) is 5.88 Å². The SMILES string of the molecule is Cc1nc2nc(CSc3cccc(F)c3F)cc(O)n2n1. The Kier molecular flexibility index (Phi) is 3.46. The monoisotopic (exact) mass is 308 g/mol. The lowest BCUT2D eigenvalue weighted by Gasteiger charge is -2.04. The summed E-state index contributed by atoms with van der Waals surface area (Å²) in [6.07, 6.45) is 0. The molecule has 0 fully saturated rings. The number of hydrogen-bond donors (Lipinski definition) is 1. The Bertz CT molecular complexity index is 821. The molecule has 0 amide bonds. The summed E-state index contributed by atoms with van der Waals surface area (Å²) in [5.41, 5.74) is 0.501. The van der Waals surface area contributed by atoms with E-state index in [1.165, 1.54) is 22.7 Å². The van der Waals surface area contributed by atoms with Crippen molar-refractivity contribution in [1.29, 1.82) is 0 Å². The van der Waals surface area contributed by atoms with Gasteiger partial charge in [0.2, 0.25) is 5.88 Å². The number of aromatic nitrogens is 4. The fourth-order valence-corrected chi connectivity index (χ4v) is 2.67. The quantitative estimate of drug-likeness (QED) is 0.754. The number of aromatic hydroxyl groups is 1.